The van der Waals surface area contributed by atoms with Crippen molar-refractivity contribution in [3.05, 3.63) is 0 Å². The van der Waals surface area contributed by atoms with E-state index in [0.717, 1.165) is 0 Å². The van der Waals surface area contributed by atoms with Crippen molar-refractivity contribution >= 4 is 5.97 Å². The number of aliphatic hydroxyl groups is 1. The third kappa shape index (κ3) is 5.78. The van der Waals surface area contributed by atoms with Crippen LogP contribution in [0, 0.1) is 0 Å². The highest BCUT2D eigenvalue weighted by Gasteiger charge is 2.10. The van der Waals surface area contributed by atoms with Gasteiger partial charge in [-0.25, -0.2) is 0 Å². The Hall–Kier alpha value is -0.650. The molecule has 5 heteroatoms. The molecule has 66 valence electrons. The average Bonchev–Trinajstić information content (AvgIpc) is 1.86. The van der Waals surface area contributed by atoms with Crippen molar-refractivity contribution in [2.75, 3.05) is 0 Å². The zero-order chi connectivity index (χ0) is 8.85. The number of aliphatic hydroxyl groups excluding tert-OH is 1. The Labute approximate surface area is 65.0 Å². The lowest BCUT2D eigenvalue weighted by Gasteiger charge is -2.06. The molecular weight excluding hydrogens is 148 g/mol. The van der Waals surface area contributed by atoms with Crippen LogP contribution in [0.5, 0.6) is 0 Å². The summed E-state index contributed by atoms with van der Waals surface area (Å²) in [5.41, 5.74) is 10.2. The Morgan fingerprint density at radius 1 is 1.36 bits per heavy atom. The minimum Gasteiger partial charge on any atom is -0.480 e. The number of hydrogen-bond acceptors (Lipinski definition) is 4. The smallest absolute Gasteiger partial charge is 0.320 e. The van der Waals surface area contributed by atoms with E-state index >= 15 is 0 Å². The first-order valence-corrected chi connectivity index (χ1v) is 3.46. The first kappa shape index (κ1) is 10.3. The molecule has 0 heterocycles. The van der Waals surface area contributed by atoms with Crippen LogP contribution in [-0.2, 0) is 4.79 Å². The number of carboxylic acid groups (broad SMARTS) is 1. The lowest BCUT2D eigenvalue weighted by Crippen LogP contribution is -2.30. The molecule has 0 aromatic carbocycles. The summed E-state index contributed by atoms with van der Waals surface area (Å²) in [6, 6.07) is -0.839. The molecular formula is C6H14N2O3. The second-order valence-electron chi connectivity index (χ2n) is 2.44. The van der Waals surface area contributed by atoms with E-state index in [2.05, 4.69) is 0 Å². The molecule has 0 aliphatic carbocycles. The number of nitrogens with two attached hydrogens (primary N) is 2. The molecule has 0 saturated carbocycles. The van der Waals surface area contributed by atoms with Crippen molar-refractivity contribution in [3.63, 3.8) is 0 Å². The van der Waals surface area contributed by atoms with Crippen LogP contribution in [0.25, 0.3) is 0 Å². The monoisotopic (exact) mass is 162 g/mol. The van der Waals surface area contributed by atoms with E-state index in [4.69, 9.17) is 21.7 Å². The average molecular weight is 162 g/mol. The molecule has 0 aromatic heterocycles. The molecule has 5 nitrogen and oxygen atoms in total. The summed E-state index contributed by atoms with van der Waals surface area (Å²) >= 11 is 0. The summed E-state index contributed by atoms with van der Waals surface area (Å²) < 4.78 is 0. The normalized spacial score (nSPS) is 15.9. The lowest BCUT2D eigenvalue weighted by atomic mass is 10.1. The van der Waals surface area contributed by atoms with E-state index < -0.39 is 18.2 Å². The summed E-state index contributed by atoms with van der Waals surface area (Å²) in [6.07, 6.45) is 0.409. The predicted octanol–water partition coefficient (Wildman–Crippen LogP) is -1.15. The zero-order valence-corrected chi connectivity index (χ0v) is 6.23. The van der Waals surface area contributed by atoms with Crippen molar-refractivity contribution in [2.24, 2.45) is 11.5 Å². The van der Waals surface area contributed by atoms with Crippen LogP contribution >= 0.6 is 0 Å². The molecule has 6 N–H and O–H groups in total. The quantitative estimate of drug-likeness (QED) is 0.381. The van der Waals surface area contributed by atoms with Crippen LogP contribution in [-0.4, -0.2) is 28.5 Å². The van der Waals surface area contributed by atoms with E-state index in [0.29, 0.717) is 19.3 Å². The Bertz CT molecular complexity index is 127. The third-order valence-electron chi connectivity index (χ3n) is 1.33. The SMILES string of the molecule is NC(O)CCC[C@H](N)C(=O)O. The van der Waals surface area contributed by atoms with Crippen LogP contribution in [0.2, 0.25) is 0 Å². The Morgan fingerprint density at radius 2 is 1.91 bits per heavy atom. The highest BCUT2D eigenvalue weighted by Crippen LogP contribution is 1.99. The Balaban J connectivity index is 3.31. The first-order valence-electron chi connectivity index (χ1n) is 3.46. The minimum atomic E-state index is -1.02. The van der Waals surface area contributed by atoms with Crippen molar-refractivity contribution in [3.8, 4) is 0 Å². The van der Waals surface area contributed by atoms with Gasteiger partial charge in [0.25, 0.3) is 0 Å². The second kappa shape index (κ2) is 5.06. The van der Waals surface area contributed by atoms with E-state index in [1.54, 1.807) is 0 Å². The van der Waals surface area contributed by atoms with Gasteiger partial charge in [0.05, 0.1) is 0 Å². The van der Waals surface area contributed by atoms with E-state index in [-0.39, 0.29) is 0 Å². The van der Waals surface area contributed by atoms with Gasteiger partial charge in [0, 0.05) is 0 Å². The van der Waals surface area contributed by atoms with Crippen molar-refractivity contribution in [2.45, 2.75) is 31.5 Å². The number of aliphatic carboxylic acids is 1. The van der Waals surface area contributed by atoms with Gasteiger partial charge in [0.1, 0.15) is 12.3 Å². The molecule has 0 spiro atoms. The van der Waals surface area contributed by atoms with Gasteiger partial charge in [-0.2, -0.15) is 0 Å². The fraction of sp³-hybridized carbons (Fsp3) is 0.833. The van der Waals surface area contributed by atoms with Gasteiger partial charge >= 0.3 is 5.97 Å². The van der Waals surface area contributed by atoms with E-state index in [1.807, 2.05) is 0 Å². The molecule has 0 aromatic rings. The van der Waals surface area contributed by atoms with Crippen LogP contribution in [0.1, 0.15) is 19.3 Å². The lowest BCUT2D eigenvalue weighted by molar-refractivity contribution is -0.138. The highest BCUT2D eigenvalue weighted by molar-refractivity contribution is 5.72. The topological polar surface area (TPSA) is 110 Å². The summed E-state index contributed by atoms with van der Waals surface area (Å²) in [5.74, 6) is -1.02. The molecule has 1 unspecified atom stereocenters. The summed E-state index contributed by atoms with van der Waals surface area (Å²) in [7, 11) is 0. The number of rotatable bonds is 5. The molecule has 0 aliphatic heterocycles. The van der Waals surface area contributed by atoms with Gasteiger partial charge in [-0.15, -0.1) is 0 Å². The van der Waals surface area contributed by atoms with Crippen LogP contribution in [0.4, 0.5) is 0 Å². The number of hydrogen-bond donors (Lipinski definition) is 4. The maximum Gasteiger partial charge on any atom is 0.320 e. The zero-order valence-electron chi connectivity index (χ0n) is 6.23. The molecule has 11 heavy (non-hydrogen) atoms. The third-order valence-corrected chi connectivity index (χ3v) is 1.33. The molecule has 2 atom stereocenters. The fourth-order valence-corrected chi connectivity index (χ4v) is 0.670. The summed E-state index contributed by atoms with van der Waals surface area (Å²) in [6.45, 7) is 0. The largest absolute Gasteiger partial charge is 0.480 e. The standard InChI is InChI=1S/C6H14N2O3/c7-4(6(10)11)2-1-3-5(8)9/h4-5,9H,1-3,7-8H2,(H,10,11)/t4-,5?/m0/s1. The summed E-state index contributed by atoms with van der Waals surface area (Å²) in [5, 5.41) is 16.9. The maximum atomic E-state index is 10.2. The van der Waals surface area contributed by atoms with E-state index in [1.165, 1.54) is 0 Å². The van der Waals surface area contributed by atoms with Crippen LogP contribution in [0.15, 0.2) is 0 Å². The number of carbonyl (C=O) groups is 1. The van der Waals surface area contributed by atoms with Crippen molar-refractivity contribution < 1.29 is 15.0 Å². The second-order valence-corrected chi connectivity index (χ2v) is 2.44. The molecule has 0 bridgehead atoms. The van der Waals surface area contributed by atoms with Crippen LogP contribution < -0.4 is 11.5 Å². The maximum absolute atomic E-state index is 10.2. The van der Waals surface area contributed by atoms with Gasteiger partial charge in [0.15, 0.2) is 0 Å². The Kier molecular flexibility index (Phi) is 4.76. The van der Waals surface area contributed by atoms with Gasteiger partial charge < -0.3 is 21.7 Å². The minimum absolute atomic E-state index is 0.351. The number of carboxylic acids is 1. The molecule has 0 aliphatic rings. The summed E-state index contributed by atoms with van der Waals surface area (Å²) in [4.78, 5) is 10.2. The van der Waals surface area contributed by atoms with Gasteiger partial charge in [0.2, 0.25) is 0 Å². The van der Waals surface area contributed by atoms with Crippen LogP contribution in [0.3, 0.4) is 0 Å². The molecule has 0 amide bonds. The van der Waals surface area contributed by atoms with Gasteiger partial charge in [-0.05, 0) is 19.3 Å². The Morgan fingerprint density at radius 3 is 2.27 bits per heavy atom. The molecule has 0 rings (SSSR count). The first-order chi connectivity index (χ1) is 5.04. The molecule has 0 radical (unpaired) electrons. The van der Waals surface area contributed by atoms with E-state index in [9.17, 15) is 4.79 Å². The van der Waals surface area contributed by atoms with Crippen molar-refractivity contribution in [1.82, 2.24) is 0 Å². The highest BCUT2D eigenvalue weighted by atomic mass is 16.4. The molecule has 0 saturated heterocycles. The fourth-order valence-electron chi connectivity index (χ4n) is 0.670. The predicted molar refractivity (Wildman–Crippen MR) is 39.7 cm³/mol. The van der Waals surface area contributed by atoms with Crippen molar-refractivity contribution in [1.29, 1.82) is 0 Å². The molecule has 0 fully saturated rings. The van der Waals surface area contributed by atoms with Gasteiger partial charge in [-0.1, -0.05) is 0 Å². The van der Waals surface area contributed by atoms with Gasteiger partial charge in [-0.3, -0.25) is 4.79 Å².